The molecule has 0 saturated carbocycles. The molecule has 2 unspecified atom stereocenters. The number of unbranched alkanes of at least 4 members (excludes halogenated alkanes) is 2. The molecular formula is C23H29N3O2S2. The Morgan fingerprint density at radius 3 is 2.73 bits per heavy atom. The van der Waals surface area contributed by atoms with Gasteiger partial charge in [0.05, 0.1) is 16.4 Å². The highest BCUT2D eigenvalue weighted by atomic mass is 32.2. The van der Waals surface area contributed by atoms with E-state index in [1.807, 2.05) is 42.6 Å². The van der Waals surface area contributed by atoms with Crippen LogP contribution in [0, 0.1) is 0 Å². The van der Waals surface area contributed by atoms with Crippen molar-refractivity contribution in [1.29, 1.82) is 0 Å². The molecule has 1 amide bonds. The fourth-order valence-corrected chi connectivity index (χ4v) is 5.04. The lowest BCUT2D eigenvalue weighted by molar-refractivity contribution is -0.120. The predicted octanol–water partition coefficient (Wildman–Crippen LogP) is 5.36. The summed E-state index contributed by atoms with van der Waals surface area (Å²) in [5, 5.41) is 5.49. The van der Waals surface area contributed by atoms with E-state index in [9.17, 15) is 9.59 Å². The van der Waals surface area contributed by atoms with Gasteiger partial charge in [-0.2, -0.15) is 0 Å². The number of amides is 1. The summed E-state index contributed by atoms with van der Waals surface area (Å²) in [6.45, 7) is 6.13. The molecule has 1 aromatic carbocycles. The molecule has 2 heterocycles. The minimum absolute atomic E-state index is 0.0370. The maximum absolute atomic E-state index is 12.7. The number of thiophene rings is 1. The number of nitrogens with one attached hydrogen (secondary N) is 2. The molecule has 30 heavy (non-hydrogen) atoms. The number of carbonyl (C=O) groups is 1. The quantitative estimate of drug-likeness (QED) is 0.414. The number of aromatic amines is 1. The van der Waals surface area contributed by atoms with Gasteiger partial charge in [0.15, 0.2) is 0 Å². The molecule has 0 aliphatic heterocycles. The Balaban J connectivity index is 1.63. The smallest absolute Gasteiger partial charge is 0.260 e. The van der Waals surface area contributed by atoms with Gasteiger partial charge < -0.3 is 10.3 Å². The summed E-state index contributed by atoms with van der Waals surface area (Å²) in [4.78, 5) is 33.4. The second-order valence-corrected chi connectivity index (χ2v) is 9.75. The lowest BCUT2D eigenvalue weighted by Crippen LogP contribution is -2.37. The first kappa shape index (κ1) is 22.6. The molecule has 3 rings (SSSR count). The Morgan fingerprint density at radius 2 is 2.00 bits per heavy atom. The molecule has 2 atom stereocenters. The van der Waals surface area contributed by atoms with E-state index >= 15 is 0 Å². The van der Waals surface area contributed by atoms with Crippen LogP contribution in [0.5, 0.6) is 0 Å². The third kappa shape index (κ3) is 5.73. The fraction of sp³-hybridized carbons (Fsp3) is 0.435. The van der Waals surface area contributed by atoms with Gasteiger partial charge in [-0.1, -0.05) is 56.5 Å². The maximum atomic E-state index is 12.7. The highest BCUT2D eigenvalue weighted by Gasteiger charge is 2.17. The van der Waals surface area contributed by atoms with Gasteiger partial charge in [-0.15, -0.1) is 23.1 Å². The minimum atomic E-state index is -0.206. The van der Waals surface area contributed by atoms with Crippen LogP contribution in [0.3, 0.4) is 0 Å². The predicted molar refractivity (Wildman–Crippen MR) is 128 cm³/mol. The topological polar surface area (TPSA) is 74.8 Å². The standard InChI is InChI=1S/C23H29N3O2S2/c1-4-5-7-10-15(2)24-21(27)16(3)29-14-19-25-22(28)20-18(13-30-23(20)26-19)17-11-8-6-9-12-17/h6,8-9,11-13,15-16H,4-5,7,10,14H2,1-3H3,(H,24,27)(H,25,26,28). The molecule has 0 spiro atoms. The molecule has 160 valence electrons. The van der Waals surface area contributed by atoms with E-state index in [4.69, 9.17) is 0 Å². The van der Waals surface area contributed by atoms with Crippen LogP contribution in [-0.4, -0.2) is 27.2 Å². The summed E-state index contributed by atoms with van der Waals surface area (Å²) in [6, 6.07) is 10.1. The number of aromatic nitrogens is 2. The van der Waals surface area contributed by atoms with Crippen molar-refractivity contribution in [2.75, 3.05) is 0 Å². The van der Waals surface area contributed by atoms with Crippen LogP contribution in [-0.2, 0) is 10.5 Å². The number of fused-ring (bicyclic) bond motifs is 1. The zero-order chi connectivity index (χ0) is 21.5. The van der Waals surface area contributed by atoms with Crippen LogP contribution < -0.4 is 10.9 Å². The maximum Gasteiger partial charge on any atom is 0.260 e. The molecule has 7 heteroatoms. The van der Waals surface area contributed by atoms with Crippen molar-refractivity contribution in [1.82, 2.24) is 15.3 Å². The van der Waals surface area contributed by atoms with Gasteiger partial charge in [0.1, 0.15) is 10.7 Å². The molecule has 0 aliphatic rings. The first-order chi connectivity index (χ1) is 14.5. The second kappa shape index (κ2) is 10.8. The van der Waals surface area contributed by atoms with Crippen molar-refractivity contribution in [3.05, 3.63) is 51.9 Å². The second-order valence-electron chi connectivity index (χ2n) is 7.57. The normalized spacial score (nSPS) is 13.3. The van der Waals surface area contributed by atoms with Crippen LogP contribution >= 0.6 is 23.1 Å². The number of hydrogen-bond donors (Lipinski definition) is 2. The first-order valence-corrected chi connectivity index (χ1v) is 12.4. The van der Waals surface area contributed by atoms with Crippen molar-refractivity contribution in [2.45, 2.75) is 63.5 Å². The Kier molecular flexibility index (Phi) is 8.10. The molecule has 0 aliphatic carbocycles. The number of carbonyl (C=O) groups excluding carboxylic acids is 1. The van der Waals surface area contributed by atoms with Crippen molar-refractivity contribution in [3.8, 4) is 11.1 Å². The molecule has 0 radical (unpaired) electrons. The third-order valence-electron chi connectivity index (χ3n) is 5.05. The van der Waals surface area contributed by atoms with Crippen molar-refractivity contribution >= 4 is 39.2 Å². The zero-order valence-corrected chi connectivity index (χ0v) is 19.4. The van der Waals surface area contributed by atoms with Gasteiger partial charge in [-0.05, 0) is 25.8 Å². The summed E-state index contributed by atoms with van der Waals surface area (Å²) < 4.78 is 0. The summed E-state index contributed by atoms with van der Waals surface area (Å²) >= 11 is 2.96. The molecule has 0 saturated heterocycles. The number of thioether (sulfide) groups is 1. The van der Waals surface area contributed by atoms with E-state index < -0.39 is 0 Å². The van der Waals surface area contributed by atoms with E-state index in [2.05, 4.69) is 29.1 Å². The number of rotatable bonds is 10. The Bertz CT molecular complexity index is 1030. The molecule has 3 aromatic rings. The van der Waals surface area contributed by atoms with Gasteiger partial charge >= 0.3 is 0 Å². The largest absolute Gasteiger partial charge is 0.353 e. The van der Waals surface area contributed by atoms with Gasteiger partial charge in [0.25, 0.3) is 5.56 Å². The van der Waals surface area contributed by atoms with Crippen LogP contribution in [0.4, 0.5) is 0 Å². The lowest BCUT2D eigenvalue weighted by atomic mass is 10.1. The molecule has 0 bridgehead atoms. The van der Waals surface area contributed by atoms with Gasteiger partial charge in [-0.25, -0.2) is 4.98 Å². The number of nitrogens with zero attached hydrogens (tertiary/aromatic N) is 1. The third-order valence-corrected chi connectivity index (χ3v) is 7.07. The van der Waals surface area contributed by atoms with Gasteiger partial charge in [0.2, 0.25) is 5.91 Å². The Hall–Kier alpha value is -2.12. The van der Waals surface area contributed by atoms with Crippen LogP contribution in [0.25, 0.3) is 21.3 Å². The summed E-state index contributed by atoms with van der Waals surface area (Å²) in [5.74, 6) is 1.13. The van der Waals surface area contributed by atoms with Crippen molar-refractivity contribution in [3.63, 3.8) is 0 Å². The minimum Gasteiger partial charge on any atom is -0.353 e. The number of H-pyrrole nitrogens is 1. The molecule has 0 fully saturated rings. The molecule has 5 nitrogen and oxygen atoms in total. The zero-order valence-electron chi connectivity index (χ0n) is 17.7. The summed E-state index contributed by atoms with van der Waals surface area (Å²) in [5.41, 5.74) is 1.79. The van der Waals surface area contributed by atoms with E-state index in [0.717, 1.165) is 28.8 Å². The average Bonchev–Trinajstić information content (AvgIpc) is 3.17. The van der Waals surface area contributed by atoms with Crippen molar-refractivity contribution < 1.29 is 4.79 Å². The van der Waals surface area contributed by atoms with E-state index in [0.29, 0.717) is 17.0 Å². The van der Waals surface area contributed by atoms with Gasteiger partial charge in [0, 0.05) is 17.0 Å². The number of benzene rings is 1. The first-order valence-electron chi connectivity index (χ1n) is 10.5. The van der Waals surface area contributed by atoms with Crippen molar-refractivity contribution in [2.24, 2.45) is 0 Å². The number of hydrogen-bond acceptors (Lipinski definition) is 5. The highest BCUT2D eigenvalue weighted by Crippen LogP contribution is 2.30. The monoisotopic (exact) mass is 443 g/mol. The molecule has 2 N–H and O–H groups in total. The van der Waals surface area contributed by atoms with Crippen LogP contribution in [0.1, 0.15) is 52.3 Å². The van der Waals surface area contributed by atoms with E-state index in [1.54, 1.807) is 0 Å². The van der Waals surface area contributed by atoms with E-state index in [1.165, 1.54) is 35.9 Å². The lowest BCUT2D eigenvalue weighted by Gasteiger charge is -2.17. The van der Waals surface area contributed by atoms with E-state index in [-0.39, 0.29) is 22.8 Å². The molecular weight excluding hydrogens is 414 g/mol. The summed E-state index contributed by atoms with van der Waals surface area (Å²) in [6.07, 6.45) is 4.52. The van der Waals surface area contributed by atoms with Gasteiger partial charge in [-0.3, -0.25) is 9.59 Å². The fourth-order valence-electron chi connectivity index (χ4n) is 3.30. The highest BCUT2D eigenvalue weighted by molar-refractivity contribution is 7.99. The average molecular weight is 444 g/mol. The SMILES string of the molecule is CCCCCC(C)NC(=O)C(C)SCc1nc2scc(-c3ccccc3)c2c(=O)[nH]1. The Morgan fingerprint density at radius 1 is 1.23 bits per heavy atom. The van der Waals surface area contributed by atoms with Crippen LogP contribution in [0.15, 0.2) is 40.5 Å². The Labute approximate surface area is 185 Å². The molecule has 2 aromatic heterocycles. The van der Waals surface area contributed by atoms with Crippen LogP contribution in [0.2, 0.25) is 0 Å². The summed E-state index contributed by atoms with van der Waals surface area (Å²) in [7, 11) is 0.